The molecule has 0 saturated carbocycles. The molecule has 24 heavy (non-hydrogen) atoms. The Labute approximate surface area is 162 Å². The van der Waals surface area contributed by atoms with Crippen molar-refractivity contribution in [2.24, 2.45) is 4.99 Å². The summed E-state index contributed by atoms with van der Waals surface area (Å²) in [7, 11) is 5.52. The molecule has 6 nitrogen and oxygen atoms in total. The zero-order valence-corrected chi connectivity index (χ0v) is 17.2. The molecular weight excluding hydrogens is 419 g/mol. The molecular formula is C17H31IN4O2. The van der Waals surface area contributed by atoms with Crippen LogP contribution in [0.25, 0.3) is 0 Å². The summed E-state index contributed by atoms with van der Waals surface area (Å²) in [5.41, 5.74) is 1.12. The number of likely N-dealkylation sites (N-methyl/N-ethyl adjacent to an activating group) is 1. The minimum absolute atomic E-state index is 0. The van der Waals surface area contributed by atoms with Crippen molar-refractivity contribution in [3.05, 3.63) is 35.9 Å². The van der Waals surface area contributed by atoms with E-state index in [1.807, 2.05) is 30.3 Å². The molecule has 138 valence electrons. The van der Waals surface area contributed by atoms with Crippen molar-refractivity contribution >= 4 is 29.9 Å². The van der Waals surface area contributed by atoms with Crippen molar-refractivity contribution in [1.29, 1.82) is 0 Å². The molecule has 1 unspecified atom stereocenters. The highest BCUT2D eigenvalue weighted by molar-refractivity contribution is 14.0. The van der Waals surface area contributed by atoms with Gasteiger partial charge in [-0.25, -0.2) is 0 Å². The third-order valence-corrected chi connectivity index (χ3v) is 3.69. The summed E-state index contributed by atoms with van der Waals surface area (Å²) in [6.45, 7) is 4.10. The molecule has 0 amide bonds. The van der Waals surface area contributed by atoms with Crippen molar-refractivity contribution < 1.29 is 9.84 Å². The Morgan fingerprint density at radius 2 is 1.96 bits per heavy atom. The van der Waals surface area contributed by atoms with Gasteiger partial charge < -0.3 is 25.4 Å². The van der Waals surface area contributed by atoms with Crippen LogP contribution in [0, 0.1) is 0 Å². The zero-order chi connectivity index (χ0) is 16.9. The van der Waals surface area contributed by atoms with Gasteiger partial charge in [-0.2, -0.15) is 0 Å². The summed E-state index contributed by atoms with van der Waals surface area (Å²) >= 11 is 0. The maximum Gasteiger partial charge on any atom is 0.191 e. The van der Waals surface area contributed by atoms with Crippen LogP contribution in [-0.2, 0) is 4.74 Å². The number of methoxy groups -OCH3 is 1. The number of hydrogen-bond donors (Lipinski definition) is 3. The van der Waals surface area contributed by atoms with E-state index < -0.39 is 0 Å². The van der Waals surface area contributed by atoms with Gasteiger partial charge in [0.1, 0.15) is 0 Å². The average Bonchev–Trinajstić information content (AvgIpc) is 2.59. The molecule has 1 aromatic carbocycles. The van der Waals surface area contributed by atoms with Gasteiger partial charge in [0.25, 0.3) is 0 Å². The highest BCUT2D eigenvalue weighted by Crippen LogP contribution is 2.13. The number of benzene rings is 1. The van der Waals surface area contributed by atoms with Crippen LogP contribution < -0.4 is 10.6 Å². The van der Waals surface area contributed by atoms with E-state index in [1.165, 1.54) is 0 Å². The Balaban J connectivity index is 0.00000529. The number of aliphatic hydroxyl groups is 1. The topological polar surface area (TPSA) is 69.1 Å². The Hall–Kier alpha value is -0.900. The van der Waals surface area contributed by atoms with Gasteiger partial charge in [0.2, 0.25) is 0 Å². The molecule has 0 radical (unpaired) electrons. The van der Waals surface area contributed by atoms with Crippen molar-refractivity contribution in [3.63, 3.8) is 0 Å². The Kier molecular flexibility index (Phi) is 13.9. The monoisotopic (exact) mass is 450 g/mol. The SMILES string of the molecule is CN=C(NCCN(C)CCOC)NCC(CO)c1ccccc1.I. The van der Waals surface area contributed by atoms with Crippen LogP contribution >= 0.6 is 24.0 Å². The van der Waals surface area contributed by atoms with Crippen molar-refractivity contribution in [1.82, 2.24) is 15.5 Å². The maximum absolute atomic E-state index is 9.58. The van der Waals surface area contributed by atoms with Crippen LogP contribution in [0.1, 0.15) is 11.5 Å². The van der Waals surface area contributed by atoms with Crippen LogP contribution in [0.4, 0.5) is 0 Å². The summed E-state index contributed by atoms with van der Waals surface area (Å²) in [6, 6.07) is 10.0. The number of halogens is 1. The second-order valence-corrected chi connectivity index (χ2v) is 5.47. The third kappa shape index (κ3) is 9.41. The molecule has 1 rings (SSSR count). The minimum atomic E-state index is 0. The third-order valence-electron chi connectivity index (χ3n) is 3.69. The second kappa shape index (κ2) is 14.4. The molecule has 3 N–H and O–H groups in total. The summed E-state index contributed by atoms with van der Waals surface area (Å²) in [5, 5.41) is 16.1. The number of aliphatic imine (C=N–C) groups is 1. The Morgan fingerprint density at radius 3 is 2.54 bits per heavy atom. The van der Waals surface area contributed by atoms with Gasteiger partial charge in [0.05, 0.1) is 13.2 Å². The molecule has 0 heterocycles. The predicted octanol–water partition coefficient (Wildman–Crippen LogP) is 1.12. The molecule has 0 saturated heterocycles. The number of nitrogens with zero attached hydrogens (tertiary/aromatic N) is 2. The lowest BCUT2D eigenvalue weighted by Gasteiger charge is -2.20. The van der Waals surface area contributed by atoms with E-state index in [1.54, 1.807) is 14.2 Å². The normalized spacial score (nSPS) is 12.6. The van der Waals surface area contributed by atoms with Gasteiger partial charge in [0, 0.05) is 46.3 Å². The quantitative estimate of drug-likeness (QED) is 0.283. The van der Waals surface area contributed by atoms with E-state index >= 15 is 0 Å². The Morgan fingerprint density at radius 1 is 1.25 bits per heavy atom. The summed E-state index contributed by atoms with van der Waals surface area (Å²) in [6.07, 6.45) is 0. The first-order valence-corrected chi connectivity index (χ1v) is 7.99. The fourth-order valence-corrected chi connectivity index (χ4v) is 2.18. The fourth-order valence-electron chi connectivity index (χ4n) is 2.18. The summed E-state index contributed by atoms with van der Waals surface area (Å²) < 4.78 is 5.06. The first-order chi connectivity index (χ1) is 11.2. The van der Waals surface area contributed by atoms with E-state index in [2.05, 4.69) is 27.6 Å². The largest absolute Gasteiger partial charge is 0.396 e. The number of aliphatic hydroxyl groups excluding tert-OH is 1. The molecule has 0 aromatic heterocycles. The van der Waals surface area contributed by atoms with Crippen molar-refractivity contribution in [3.8, 4) is 0 Å². The minimum Gasteiger partial charge on any atom is -0.396 e. The fraction of sp³-hybridized carbons (Fsp3) is 0.588. The zero-order valence-electron chi connectivity index (χ0n) is 14.9. The standard InChI is InChI=1S/C17H30N4O2.HI/c1-18-17(19-9-10-21(2)11-12-23-3)20-13-16(14-22)15-7-5-4-6-8-15;/h4-8,16,22H,9-14H2,1-3H3,(H2,18,19,20);1H. The second-order valence-electron chi connectivity index (χ2n) is 5.47. The lowest BCUT2D eigenvalue weighted by atomic mass is 10.0. The molecule has 0 fully saturated rings. The van der Waals surface area contributed by atoms with Crippen LogP contribution in [0.2, 0.25) is 0 Å². The number of guanidine groups is 1. The first kappa shape index (κ1) is 23.1. The highest BCUT2D eigenvalue weighted by atomic mass is 127. The van der Waals surface area contributed by atoms with E-state index in [4.69, 9.17) is 4.74 Å². The Bertz CT molecular complexity index is 445. The van der Waals surface area contributed by atoms with Crippen molar-refractivity contribution in [2.45, 2.75) is 5.92 Å². The number of nitrogens with one attached hydrogen (secondary N) is 2. The van der Waals surface area contributed by atoms with Crippen LogP contribution in [-0.4, -0.2) is 76.6 Å². The average molecular weight is 450 g/mol. The lowest BCUT2D eigenvalue weighted by Crippen LogP contribution is -2.43. The van der Waals surface area contributed by atoms with Gasteiger partial charge in [-0.15, -0.1) is 24.0 Å². The molecule has 1 aromatic rings. The smallest absolute Gasteiger partial charge is 0.191 e. The van der Waals surface area contributed by atoms with Crippen LogP contribution in [0.15, 0.2) is 35.3 Å². The highest BCUT2D eigenvalue weighted by Gasteiger charge is 2.10. The lowest BCUT2D eigenvalue weighted by molar-refractivity contribution is 0.162. The molecule has 1 atom stereocenters. The van der Waals surface area contributed by atoms with Crippen LogP contribution in [0.5, 0.6) is 0 Å². The van der Waals surface area contributed by atoms with Gasteiger partial charge in [-0.1, -0.05) is 30.3 Å². The number of rotatable bonds is 10. The van der Waals surface area contributed by atoms with Gasteiger partial charge in [-0.3, -0.25) is 4.99 Å². The number of hydrogen-bond acceptors (Lipinski definition) is 4. The maximum atomic E-state index is 9.58. The summed E-state index contributed by atoms with van der Waals surface area (Å²) in [5.74, 6) is 0.804. The molecule has 0 aliphatic rings. The first-order valence-electron chi connectivity index (χ1n) is 7.99. The van der Waals surface area contributed by atoms with E-state index in [0.29, 0.717) is 6.54 Å². The van der Waals surface area contributed by atoms with Crippen molar-refractivity contribution in [2.75, 3.05) is 60.6 Å². The number of ether oxygens (including phenoxy) is 1. The molecule has 0 spiro atoms. The van der Waals surface area contributed by atoms with E-state index in [-0.39, 0.29) is 36.5 Å². The molecule has 7 heteroatoms. The summed E-state index contributed by atoms with van der Waals surface area (Å²) in [4.78, 5) is 6.42. The van der Waals surface area contributed by atoms with Gasteiger partial charge >= 0.3 is 0 Å². The predicted molar refractivity (Wildman–Crippen MR) is 110 cm³/mol. The molecule has 0 aliphatic heterocycles. The van der Waals surface area contributed by atoms with Gasteiger partial charge in [0.15, 0.2) is 5.96 Å². The van der Waals surface area contributed by atoms with E-state index in [0.717, 1.165) is 37.8 Å². The van der Waals surface area contributed by atoms with Gasteiger partial charge in [-0.05, 0) is 12.6 Å². The molecule has 0 aliphatic carbocycles. The van der Waals surface area contributed by atoms with E-state index in [9.17, 15) is 5.11 Å². The van der Waals surface area contributed by atoms with Crippen LogP contribution in [0.3, 0.4) is 0 Å². The molecule has 0 bridgehead atoms.